The van der Waals surface area contributed by atoms with Crippen molar-refractivity contribution in [1.82, 2.24) is 4.98 Å². The summed E-state index contributed by atoms with van der Waals surface area (Å²) < 4.78 is 0. The summed E-state index contributed by atoms with van der Waals surface area (Å²) in [4.78, 5) is 4.94. The smallest absolute Gasteiger partial charge is 0.207 e. The van der Waals surface area contributed by atoms with Gasteiger partial charge in [0.15, 0.2) is 0 Å². The minimum absolute atomic E-state index is 0.151. The Bertz CT molecular complexity index is 1200. The molecule has 0 saturated carbocycles. The van der Waals surface area contributed by atoms with Crippen molar-refractivity contribution in [3.63, 3.8) is 0 Å². The van der Waals surface area contributed by atoms with E-state index in [0.717, 1.165) is 28.5 Å². The minimum atomic E-state index is 0.151. The van der Waals surface area contributed by atoms with Crippen LogP contribution in [0.25, 0.3) is 11.3 Å². The maximum atomic E-state index is 5.06. The van der Waals surface area contributed by atoms with Crippen molar-refractivity contribution in [2.24, 2.45) is 5.10 Å². The third-order valence-corrected chi connectivity index (χ3v) is 6.52. The number of benzene rings is 3. The summed E-state index contributed by atoms with van der Waals surface area (Å²) in [6.07, 6.45) is 0.868. The van der Waals surface area contributed by atoms with Crippen molar-refractivity contribution in [2.75, 3.05) is 5.01 Å². The number of anilines is 1. The number of hydrogen-bond acceptors (Lipinski definition) is 4. The van der Waals surface area contributed by atoms with E-state index < -0.39 is 0 Å². The van der Waals surface area contributed by atoms with E-state index in [1.165, 1.54) is 22.3 Å². The molecule has 1 atom stereocenters. The van der Waals surface area contributed by atoms with Gasteiger partial charge in [-0.25, -0.2) is 9.99 Å². The fourth-order valence-electron chi connectivity index (χ4n) is 3.83. The monoisotopic (exact) mass is 409 g/mol. The van der Waals surface area contributed by atoms with Gasteiger partial charge in [-0.05, 0) is 42.2 Å². The Labute approximate surface area is 181 Å². The summed E-state index contributed by atoms with van der Waals surface area (Å²) in [5, 5.41) is 10.2. The van der Waals surface area contributed by atoms with E-state index in [1.807, 2.05) is 18.2 Å². The molecule has 0 spiro atoms. The fourth-order valence-corrected chi connectivity index (χ4v) is 4.66. The normalized spacial score (nSPS) is 16.0. The molecule has 0 aliphatic carbocycles. The molecule has 0 N–H and O–H groups in total. The van der Waals surface area contributed by atoms with Crippen LogP contribution >= 0.6 is 11.3 Å². The lowest BCUT2D eigenvalue weighted by atomic mass is 9.97. The quantitative estimate of drug-likeness (QED) is 0.371. The number of thiazole rings is 1. The Morgan fingerprint density at radius 1 is 0.833 bits per heavy atom. The van der Waals surface area contributed by atoms with Crippen molar-refractivity contribution in [2.45, 2.75) is 26.3 Å². The first kappa shape index (κ1) is 18.8. The van der Waals surface area contributed by atoms with Gasteiger partial charge in [0.1, 0.15) is 0 Å². The Morgan fingerprint density at radius 2 is 1.57 bits per heavy atom. The van der Waals surface area contributed by atoms with Gasteiger partial charge in [-0.2, -0.15) is 5.10 Å². The molecule has 1 aliphatic heterocycles. The van der Waals surface area contributed by atoms with Crippen LogP contribution in [0.5, 0.6) is 0 Å². The van der Waals surface area contributed by atoms with E-state index >= 15 is 0 Å². The zero-order chi connectivity index (χ0) is 20.5. The molecule has 0 amide bonds. The van der Waals surface area contributed by atoms with E-state index in [1.54, 1.807) is 11.3 Å². The molecule has 0 radical (unpaired) electrons. The largest absolute Gasteiger partial charge is 0.231 e. The van der Waals surface area contributed by atoms with E-state index in [2.05, 4.69) is 84.9 Å². The summed E-state index contributed by atoms with van der Waals surface area (Å²) in [6.45, 7) is 4.31. The molecule has 2 heterocycles. The van der Waals surface area contributed by atoms with Gasteiger partial charge >= 0.3 is 0 Å². The second kappa shape index (κ2) is 7.88. The molecule has 0 bridgehead atoms. The first-order chi connectivity index (χ1) is 14.7. The Hall–Kier alpha value is -3.24. The van der Waals surface area contributed by atoms with Gasteiger partial charge in [-0.1, -0.05) is 72.8 Å². The predicted octanol–water partition coefficient (Wildman–Crippen LogP) is 6.78. The lowest BCUT2D eigenvalue weighted by molar-refractivity contribution is 0.706. The first-order valence-corrected chi connectivity index (χ1v) is 11.1. The summed E-state index contributed by atoms with van der Waals surface area (Å²) in [7, 11) is 0. The predicted molar refractivity (Wildman–Crippen MR) is 126 cm³/mol. The van der Waals surface area contributed by atoms with E-state index in [-0.39, 0.29) is 6.04 Å². The van der Waals surface area contributed by atoms with Crippen molar-refractivity contribution < 1.29 is 0 Å². The Balaban J connectivity index is 1.54. The second-order valence-electron chi connectivity index (χ2n) is 7.70. The van der Waals surface area contributed by atoms with Gasteiger partial charge in [0, 0.05) is 17.4 Å². The minimum Gasteiger partial charge on any atom is -0.231 e. The van der Waals surface area contributed by atoms with Crippen LogP contribution in [0.1, 0.15) is 34.7 Å². The second-order valence-corrected chi connectivity index (χ2v) is 8.54. The summed E-state index contributed by atoms with van der Waals surface area (Å²) in [5.41, 5.74) is 8.30. The zero-order valence-electron chi connectivity index (χ0n) is 17.1. The van der Waals surface area contributed by atoms with E-state index in [9.17, 15) is 0 Å². The third kappa shape index (κ3) is 3.55. The average Bonchev–Trinajstić information content (AvgIpc) is 3.44. The molecule has 4 aromatic rings. The first-order valence-electron chi connectivity index (χ1n) is 10.2. The van der Waals surface area contributed by atoms with Crippen LogP contribution in [0.3, 0.4) is 0 Å². The fraction of sp³-hybridized carbons (Fsp3) is 0.154. The number of hydrazone groups is 1. The van der Waals surface area contributed by atoms with Crippen LogP contribution in [0.2, 0.25) is 0 Å². The lowest BCUT2D eigenvalue weighted by Crippen LogP contribution is -2.18. The SMILES string of the molecule is Cc1ccc(C2=NN(c3nc(-c4ccccc4)cs3)[C@H](c3ccccc3)C2)cc1C. The van der Waals surface area contributed by atoms with Crippen LogP contribution in [-0.4, -0.2) is 10.7 Å². The Morgan fingerprint density at radius 3 is 2.30 bits per heavy atom. The molecular weight excluding hydrogens is 386 g/mol. The number of rotatable bonds is 4. The van der Waals surface area contributed by atoms with Crippen LogP contribution in [0.4, 0.5) is 5.13 Å². The van der Waals surface area contributed by atoms with Crippen LogP contribution in [0, 0.1) is 13.8 Å². The molecule has 0 unspecified atom stereocenters. The molecule has 1 aromatic heterocycles. The zero-order valence-corrected chi connectivity index (χ0v) is 17.9. The molecule has 0 fully saturated rings. The van der Waals surface area contributed by atoms with E-state index in [0.29, 0.717) is 0 Å². The average molecular weight is 410 g/mol. The number of aromatic nitrogens is 1. The van der Waals surface area contributed by atoms with Gasteiger partial charge in [0.05, 0.1) is 17.4 Å². The number of hydrogen-bond donors (Lipinski definition) is 0. The van der Waals surface area contributed by atoms with Crippen molar-refractivity contribution in [3.8, 4) is 11.3 Å². The van der Waals surface area contributed by atoms with Crippen molar-refractivity contribution >= 4 is 22.2 Å². The molecule has 0 saturated heterocycles. The molecule has 30 heavy (non-hydrogen) atoms. The number of nitrogens with zero attached hydrogens (tertiary/aromatic N) is 3. The van der Waals surface area contributed by atoms with Gasteiger partial charge in [-0.3, -0.25) is 0 Å². The standard InChI is InChI=1S/C26H23N3S/c1-18-13-14-22(15-19(18)2)23-16-25(21-11-7-4-8-12-21)29(28-23)26-27-24(17-30-26)20-9-5-3-6-10-20/h3-15,17,25H,16H2,1-2H3/t25-/m0/s1. The molecule has 4 heteroatoms. The van der Waals surface area contributed by atoms with E-state index in [4.69, 9.17) is 10.1 Å². The highest BCUT2D eigenvalue weighted by molar-refractivity contribution is 7.14. The van der Waals surface area contributed by atoms with Crippen LogP contribution < -0.4 is 5.01 Å². The van der Waals surface area contributed by atoms with Gasteiger partial charge in [0.2, 0.25) is 5.13 Å². The summed E-state index contributed by atoms with van der Waals surface area (Å²) >= 11 is 1.65. The van der Waals surface area contributed by atoms with Crippen molar-refractivity contribution in [1.29, 1.82) is 0 Å². The summed E-state index contributed by atoms with van der Waals surface area (Å²) in [5.74, 6) is 0. The maximum absolute atomic E-state index is 5.06. The highest BCUT2D eigenvalue weighted by atomic mass is 32.1. The topological polar surface area (TPSA) is 28.5 Å². The number of aryl methyl sites for hydroxylation is 2. The highest BCUT2D eigenvalue weighted by Crippen LogP contribution is 2.39. The molecule has 3 nitrogen and oxygen atoms in total. The van der Waals surface area contributed by atoms with Crippen molar-refractivity contribution in [3.05, 3.63) is 106 Å². The Kier molecular flexibility index (Phi) is 4.93. The molecular formula is C26H23N3S. The molecule has 5 rings (SSSR count). The molecule has 148 valence electrons. The molecule has 3 aromatic carbocycles. The summed E-state index contributed by atoms with van der Waals surface area (Å²) in [6, 6.07) is 27.7. The highest BCUT2D eigenvalue weighted by Gasteiger charge is 2.31. The van der Waals surface area contributed by atoms with Gasteiger partial charge in [-0.15, -0.1) is 11.3 Å². The van der Waals surface area contributed by atoms with Crippen LogP contribution in [-0.2, 0) is 0 Å². The molecule has 1 aliphatic rings. The maximum Gasteiger partial charge on any atom is 0.207 e. The lowest BCUT2D eigenvalue weighted by Gasteiger charge is -2.21. The van der Waals surface area contributed by atoms with Gasteiger partial charge < -0.3 is 0 Å². The third-order valence-electron chi connectivity index (χ3n) is 5.69. The van der Waals surface area contributed by atoms with Gasteiger partial charge in [0.25, 0.3) is 0 Å². The van der Waals surface area contributed by atoms with Crippen LogP contribution in [0.15, 0.2) is 89.3 Å².